The maximum Gasteiger partial charge on any atom is 0.309 e. The Balaban J connectivity index is 5.81. The van der Waals surface area contributed by atoms with Crippen LogP contribution in [0.5, 0.6) is 0 Å². The van der Waals surface area contributed by atoms with Gasteiger partial charge in [-0.1, -0.05) is 0 Å². The zero-order chi connectivity index (χ0) is 16.5. The fraction of sp³-hybridized carbons (Fsp3) is 0.786. The second kappa shape index (κ2) is 5.42. The SMILES string of the molecule is CC(C)(CC(C(C)(C)C(=O)O)C(C)(C)C(=O)O)C(=O)O. The first kappa shape index (κ1) is 18.4. The summed E-state index contributed by atoms with van der Waals surface area (Å²) in [5, 5.41) is 27.9. The van der Waals surface area contributed by atoms with E-state index >= 15 is 0 Å². The summed E-state index contributed by atoms with van der Waals surface area (Å²) in [6, 6.07) is 0. The second-order valence-corrected chi connectivity index (χ2v) is 7.00. The van der Waals surface area contributed by atoms with Gasteiger partial charge in [-0.05, 0) is 53.9 Å². The molecule has 6 nitrogen and oxygen atoms in total. The van der Waals surface area contributed by atoms with Crippen molar-refractivity contribution in [3.63, 3.8) is 0 Å². The number of hydrogen-bond acceptors (Lipinski definition) is 3. The molecule has 20 heavy (non-hydrogen) atoms. The summed E-state index contributed by atoms with van der Waals surface area (Å²) in [5.74, 6) is -4.20. The van der Waals surface area contributed by atoms with E-state index in [2.05, 4.69) is 0 Å². The van der Waals surface area contributed by atoms with E-state index < -0.39 is 40.1 Å². The largest absolute Gasteiger partial charge is 0.481 e. The molecule has 0 aliphatic rings. The molecule has 0 saturated heterocycles. The summed E-state index contributed by atoms with van der Waals surface area (Å²) in [6.07, 6.45) is -0.0407. The van der Waals surface area contributed by atoms with Gasteiger partial charge in [-0.15, -0.1) is 0 Å². The summed E-state index contributed by atoms with van der Waals surface area (Å²) in [7, 11) is 0. The molecule has 3 N–H and O–H groups in total. The summed E-state index contributed by atoms with van der Waals surface area (Å²) < 4.78 is 0. The lowest BCUT2D eigenvalue weighted by Gasteiger charge is -2.42. The predicted molar refractivity (Wildman–Crippen MR) is 72.4 cm³/mol. The first-order chi connectivity index (χ1) is 8.67. The summed E-state index contributed by atoms with van der Waals surface area (Å²) >= 11 is 0. The van der Waals surface area contributed by atoms with Crippen LogP contribution < -0.4 is 0 Å². The molecule has 0 spiro atoms. The Labute approximate surface area is 118 Å². The van der Waals surface area contributed by atoms with Gasteiger partial charge in [-0.3, -0.25) is 14.4 Å². The fourth-order valence-corrected chi connectivity index (χ4v) is 2.31. The molecular weight excluding hydrogens is 264 g/mol. The van der Waals surface area contributed by atoms with Gasteiger partial charge < -0.3 is 15.3 Å². The van der Waals surface area contributed by atoms with Crippen molar-refractivity contribution in [1.29, 1.82) is 0 Å². The Hall–Kier alpha value is -1.59. The molecule has 0 aliphatic heterocycles. The number of carbonyl (C=O) groups is 3. The van der Waals surface area contributed by atoms with Crippen molar-refractivity contribution in [2.24, 2.45) is 22.2 Å². The lowest BCUT2D eigenvalue weighted by molar-refractivity contribution is -0.167. The smallest absolute Gasteiger partial charge is 0.309 e. The third kappa shape index (κ3) is 3.49. The molecule has 0 aliphatic carbocycles. The highest BCUT2D eigenvalue weighted by atomic mass is 16.4. The lowest BCUT2D eigenvalue weighted by atomic mass is 9.59. The highest BCUT2D eigenvalue weighted by molar-refractivity contribution is 5.79. The maximum atomic E-state index is 11.4. The van der Waals surface area contributed by atoms with Crippen LogP contribution in [0.15, 0.2) is 0 Å². The lowest BCUT2D eigenvalue weighted by Crippen LogP contribution is -2.48. The van der Waals surface area contributed by atoms with Gasteiger partial charge in [0, 0.05) is 0 Å². The van der Waals surface area contributed by atoms with Crippen molar-refractivity contribution in [1.82, 2.24) is 0 Å². The van der Waals surface area contributed by atoms with Crippen LogP contribution in [-0.2, 0) is 14.4 Å². The van der Waals surface area contributed by atoms with E-state index in [1.165, 1.54) is 41.5 Å². The van der Waals surface area contributed by atoms with Crippen molar-refractivity contribution >= 4 is 17.9 Å². The van der Waals surface area contributed by atoms with Crippen molar-refractivity contribution in [3.8, 4) is 0 Å². The summed E-state index contributed by atoms with van der Waals surface area (Å²) in [4.78, 5) is 34.1. The van der Waals surface area contributed by atoms with Crippen molar-refractivity contribution in [3.05, 3.63) is 0 Å². The Bertz CT molecular complexity index is 393. The normalized spacial score (nSPS) is 13.3. The van der Waals surface area contributed by atoms with E-state index in [0.717, 1.165) is 0 Å². The number of aliphatic carboxylic acids is 3. The Morgan fingerprint density at radius 1 is 0.750 bits per heavy atom. The monoisotopic (exact) mass is 288 g/mol. The van der Waals surface area contributed by atoms with Crippen LogP contribution in [0.3, 0.4) is 0 Å². The van der Waals surface area contributed by atoms with Crippen LogP contribution in [0.25, 0.3) is 0 Å². The standard InChI is InChI=1S/C14H24O6/c1-12(2,9(15)16)7-8(13(3,4)10(17)18)14(5,6)11(19)20/h8H,7H2,1-6H3,(H,15,16)(H,17,18)(H,19,20). The van der Waals surface area contributed by atoms with E-state index in [-0.39, 0.29) is 6.42 Å². The van der Waals surface area contributed by atoms with Crippen molar-refractivity contribution < 1.29 is 29.7 Å². The van der Waals surface area contributed by atoms with Crippen LogP contribution in [0.1, 0.15) is 48.0 Å². The molecule has 0 heterocycles. The van der Waals surface area contributed by atoms with E-state index in [1.807, 2.05) is 0 Å². The topological polar surface area (TPSA) is 112 Å². The van der Waals surface area contributed by atoms with Gasteiger partial charge in [0.25, 0.3) is 0 Å². The number of carboxylic acid groups (broad SMARTS) is 3. The first-order valence-corrected chi connectivity index (χ1v) is 6.37. The predicted octanol–water partition coefficient (Wildman–Crippen LogP) is 2.33. The van der Waals surface area contributed by atoms with Gasteiger partial charge in [0.2, 0.25) is 0 Å². The molecule has 0 amide bonds. The van der Waals surface area contributed by atoms with E-state index in [1.54, 1.807) is 0 Å². The highest BCUT2D eigenvalue weighted by Crippen LogP contribution is 2.47. The van der Waals surface area contributed by atoms with Crippen LogP contribution in [0.4, 0.5) is 0 Å². The Kier molecular flexibility index (Phi) is 4.99. The number of hydrogen-bond donors (Lipinski definition) is 3. The molecule has 0 aromatic carbocycles. The third-order valence-electron chi connectivity index (χ3n) is 4.14. The molecule has 0 rings (SSSR count). The quantitative estimate of drug-likeness (QED) is 0.662. The van der Waals surface area contributed by atoms with E-state index in [0.29, 0.717) is 0 Å². The zero-order valence-electron chi connectivity index (χ0n) is 12.9. The molecule has 0 saturated carbocycles. The van der Waals surface area contributed by atoms with Gasteiger partial charge in [0.15, 0.2) is 0 Å². The Morgan fingerprint density at radius 3 is 1.25 bits per heavy atom. The van der Waals surface area contributed by atoms with E-state index in [9.17, 15) is 29.7 Å². The molecule has 0 bridgehead atoms. The third-order valence-corrected chi connectivity index (χ3v) is 4.14. The molecule has 116 valence electrons. The average molecular weight is 288 g/mol. The molecule has 0 fully saturated rings. The number of carboxylic acids is 3. The summed E-state index contributed by atoms with van der Waals surface area (Å²) in [5.41, 5.74) is -3.91. The molecule has 6 heteroatoms. The second-order valence-electron chi connectivity index (χ2n) is 7.00. The molecule has 0 unspecified atom stereocenters. The van der Waals surface area contributed by atoms with Crippen LogP contribution in [0.2, 0.25) is 0 Å². The average Bonchev–Trinajstić information content (AvgIpc) is 2.24. The van der Waals surface area contributed by atoms with Crippen molar-refractivity contribution in [2.45, 2.75) is 48.0 Å². The summed E-state index contributed by atoms with van der Waals surface area (Å²) in [6.45, 7) is 8.67. The van der Waals surface area contributed by atoms with Crippen LogP contribution in [0, 0.1) is 22.2 Å². The molecule has 0 aromatic heterocycles. The molecule has 0 radical (unpaired) electrons. The minimum Gasteiger partial charge on any atom is -0.481 e. The maximum absolute atomic E-state index is 11.4. The molecule has 0 atom stereocenters. The minimum absolute atomic E-state index is 0.0407. The van der Waals surface area contributed by atoms with Gasteiger partial charge >= 0.3 is 17.9 Å². The van der Waals surface area contributed by atoms with Gasteiger partial charge in [-0.25, -0.2) is 0 Å². The Morgan fingerprint density at radius 2 is 1.05 bits per heavy atom. The van der Waals surface area contributed by atoms with Gasteiger partial charge in [0.05, 0.1) is 16.2 Å². The van der Waals surface area contributed by atoms with Crippen LogP contribution >= 0.6 is 0 Å². The van der Waals surface area contributed by atoms with Crippen LogP contribution in [-0.4, -0.2) is 33.2 Å². The van der Waals surface area contributed by atoms with Gasteiger partial charge in [0.1, 0.15) is 0 Å². The van der Waals surface area contributed by atoms with E-state index in [4.69, 9.17) is 0 Å². The zero-order valence-corrected chi connectivity index (χ0v) is 12.9. The minimum atomic E-state index is -1.35. The van der Waals surface area contributed by atoms with Gasteiger partial charge in [-0.2, -0.15) is 0 Å². The first-order valence-electron chi connectivity index (χ1n) is 6.37. The molecule has 0 aromatic rings. The molecular formula is C14H24O6. The highest BCUT2D eigenvalue weighted by Gasteiger charge is 2.52. The van der Waals surface area contributed by atoms with Crippen molar-refractivity contribution in [2.75, 3.05) is 0 Å². The fourth-order valence-electron chi connectivity index (χ4n) is 2.31. The number of rotatable bonds is 7.